The van der Waals surface area contributed by atoms with Crippen molar-refractivity contribution in [3.8, 4) is 45.3 Å². The first kappa shape index (κ1) is 32.2. The lowest BCUT2D eigenvalue weighted by Crippen LogP contribution is -2.12. The lowest BCUT2D eigenvalue weighted by Gasteiger charge is -2.23. The standard InChI is InChI=1S/C46H39N3O2S/c1-45(2,3)30-20-21-47-38(24-30)36-26-32(25-35-34-15-8-10-17-40(34)51-43(35)36)50-31-13-11-12-29(22-31)44-48-27-42-49(44)39-19-18-28(23-41(39)52-42)33-14-7-9-16-37(33)46(4,5)6/h7-27H,1-6H3. The Morgan fingerprint density at radius 2 is 1.48 bits per heavy atom. The highest BCUT2D eigenvalue weighted by Crippen LogP contribution is 2.42. The summed E-state index contributed by atoms with van der Waals surface area (Å²) in [6.45, 7) is 13.5. The number of thiazole rings is 1. The number of hydrogen-bond donors (Lipinski definition) is 0. The van der Waals surface area contributed by atoms with Gasteiger partial charge >= 0.3 is 0 Å². The highest BCUT2D eigenvalue weighted by atomic mass is 32.1. The minimum Gasteiger partial charge on any atom is -0.457 e. The number of furan rings is 1. The molecule has 0 saturated carbocycles. The van der Waals surface area contributed by atoms with Gasteiger partial charge in [0, 0.05) is 28.1 Å². The molecule has 5 aromatic carbocycles. The van der Waals surface area contributed by atoms with E-state index in [0.717, 1.165) is 60.7 Å². The van der Waals surface area contributed by atoms with Gasteiger partial charge in [0.2, 0.25) is 0 Å². The van der Waals surface area contributed by atoms with Gasteiger partial charge in [-0.3, -0.25) is 9.38 Å². The first-order chi connectivity index (χ1) is 25.0. The second-order valence-corrected chi connectivity index (χ2v) is 16.7. The molecule has 0 fully saturated rings. The summed E-state index contributed by atoms with van der Waals surface area (Å²) < 4.78 is 16.6. The summed E-state index contributed by atoms with van der Waals surface area (Å²) in [5.41, 5.74) is 10.6. The first-order valence-electron chi connectivity index (χ1n) is 17.7. The van der Waals surface area contributed by atoms with Crippen molar-refractivity contribution in [3.05, 3.63) is 139 Å². The van der Waals surface area contributed by atoms with Crippen LogP contribution in [0.2, 0.25) is 0 Å². The number of para-hydroxylation sites is 1. The molecule has 52 heavy (non-hydrogen) atoms. The van der Waals surface area contributed by atoms with E-state index in [9.17, 15) is 0 Å². The molecule has 4 heterocycles. The Morgan fingerprint density at radius 3 is 2.33 bits per heavy atom. The molecule has 0 aliphatic carbocycles. The molecule has 0 bridgehead atoms. The summed E-state index contributed by atoms with van der Waals surface area (Å²) in [5.74, 6) is 2.32. The molecule has 5 nitrogen and oxygen atoms in total. The first-order valence-corrected chi connectivity index (χ1v) is 18.5. The predicted molar refractivity (Wildman–Crippen MR) is 216 cm³/mol. The fourth-order valence-electron chi connectivity index (χ4n) is 7.22. The minimum absolute atomic E-state index is 0.0226. The molecule has 0 N–H and O–H groups in total. The van der Waals surface area contributed by atoms with Crippen LogP contribution in [0.1, 0.15) is 52.7 Å². The van der Waals surface area contributed by atoms with Gasteiger partial charge in [-0.05, 0) is 87.7 Å². The largest absolute Gasteiger partial charge is 0.457 e. The van der Waals surface area contributed by atoms with Crippen molar-refractivity contribution in [3.63, 3.8) is 0 Å². The molecule has 9 aromatic rings. The van der Waals surface area contributed by atoms with Crippen LogP contribution in [0.4, 0.5) is 0 Å². The summed E-state index contributed by atoms with van der Waals surface area (Å²) in [6, 6.07) is 40.2. The van der Waals surface area contributed by atoms with E-state index < -0.39 is 0 Å². The third-order valence-corrected chi connectivity index (χ3v) is 10.9. The summed E-state index contributed by atoms with van der Waals surface area (Å²) in [4.78, 5) is 10.8. The quantitative estimate of drug-likeness (QED) is 0.180. The smallest absolute Gasteiger partial charge is 0.145 e. The molecule has 0 saturated heterocycles. The lowest BCUT2D eigenvalue weighted by molar-refractivity contribution is 0.483. The molecule has 0 aliphatic heterocycles. The highest BCUT2D eigenvalue weighted by molar-refractivity contribution is 7.24. The zero-order valence-corrected chi connectivity index (χ0v) is 31.0. The van der Waals surface area contributed by atoms with Crippen LogP contribution in [0.3, 0.4) is 0 Å². The van der Waals surface area contributed by atoms with E-state index in [0.29, 0.717) is 5.75 Å². The van der Waals surface area contributed by atoms with Crippen molar-refractivity contribution in [1.82, 2.24) is 14.4 Å². The van der Waals surface area contributed by atoms with Crippen molar-refractivity contribution >= 4 is 48.3 Å². The van der Waals surface area contributed by atoms with Crippen LogP contribution >= 0.6 is 11.3 Å². The molecule has 0 atom stereocenters. The van der Waals surface area contributed by atoms with Gasteiger partial charge in [0.15, 0.2) is 0 Å². The number of benzene rings is 5. The zero-order valence-electron chi connectivity index (χ0n) is 30.2. The Morgan fingerprint density at radius 1 is 0.654 bits per heavy atom. The summed E-state index contributed by atoms with van der Waals surface area (Å²) >= 11 is 1.77. The molecule has 0 unspecified atom stereocenters. The van der Waals surface area contributed by atoms with Crippen molar-refractivity contribution < 1.29 is 9.15 Å². The average molecular weight is 698 g/mol. The van der Waals surface area contributed by atoms with Gasteiger partial charge in [0.1, 0.15) is 33.3 Å². The third kappa shape index (κ3) is 5.55. The van der Waals surface area contributed by atoms with Gasteiger partial charge in [-0.1, -0.05) is 102 Å². The number of rotatable bonds is 5. The van der Waals surface area contributed by atoms with Crippen molar-refractivity contribution in [2.24, 2.45) is 0 Å². The van der Waals surface area contributed by atoms with E-state index in [-0.39, 0.29) is 10.8 Å². The van der Waals surface area contributed by atoms with Gasteiger partial charge in [0.05, 0.1) is 22.1 Å². The maximum atomic E-state index is 6.68. The van der Waals surface area contributed by atoms with Crippen LogP contribution in [0.5, 0.6) is 11.5 Å². The number of ether oxygens (including phenoxy) is 1. The summed E-state index contributed by atoms with van der Waals surface area (Å²) in [5, 5.41) is 2.03. The number of hydrogen-bond acceptors (Lipinski definition) is 5. The molecular weight excluding hydrogens is 659 g/mol. The van der Waals surface area contributed by atoms with Crippen LogP contribution in [-0.4, -0.2) is 14.4 Å². The Hall–Kier alpha value is -5.72. The maximum absolute atomic E-state index is 6.68. The zero-order chi connectivity index (χ0) is 35.8. The minimum atomic E-state index is -0.0226. The number of nitrogens with zero attached hydrogens (tertiary/aromatic N) is 3. The molecule has 0 aliphatic rings. The third-order valence-electron chi connectivity index (χ3n) is 9.87. The molecule has 0 amide bonds. The van der Waals surface area contributed by atoms with E-state index in [1.807, 2.05) is 48.8 Å². The van der Waals surface area contributed by atoms with Crippen LogP contribution < -0.4 is 4.74 Å². The average Bonchev–Trinajstić information content (AvgIpc) is 3.82. The van der Waals surface area contributed by atoms with Crippen LogP contribution in [-0.2, 0) is 10.8 Å². The second kappa shape index (κ2) is 11.9. The van der Waals surface area contributed by atoms with Gasteiger partial charge < -0.3 is 9.15 Å². The topological polar surface area (TPSA) is 52.6 Å². The van der Waals surface area contributed by atoms with E-state index in [4.69, 9.17) is 19.1 Å². The Kier molecular flexibility index (Phi) is 7.39. The SMILES string of the molecule is CC(C)(C)c1ccnc(-c2cc(Oc3cccc(-c4ncc5sc6cc(-c7ccccc7C(C)(C)C)ccc6n45)c3)cc3c2oc2ccccc23)c1. The fourth-order valence-corrected chi connectivity index (χ4v) is 8.28. The Labute approximate surface area is 307 Å². The van der Waals surface area contributed by atoms with Gasteiger partial charge in [0.25, 0.3) is 0 Å². The van der Waals surface area contributed by atoms with E-state index in [1.165, 1.54) is 27.0 Å². The lowest BCUT2D eigenvalue weighted by atomic mass is 9.82. The normalized spacial score (nSPS) is 12.4. The van der Waals surface area contributed by atoms with E-state index >= 15 is 0 Å². The maximum Gasteiger partial charge on any atom is 0.145 e. The second-order valence-electron chi connectivity index (χ2n) is 15.6. The summed E-state index contributed by atoms with van der Waals surface area (Å²) in [7, 11) is 0. The molecule has 4 aromatic heterocycles. The van der Waals surface area contributed by atoms with Gasteiger partial charge in [-0.15, -0.1) is 11.3 Å². The van der Waals surface area contributed by atoms with Crippen LogP contribution in [0, 0.1) is 0 Å². The molecular formula is C46H39N3O2S. The molecule has 0 radical (unpaired) electrons. The van der Waals surface area contributed by atoms with E-state index in [2.05, 4.69) is 125 Å². The predicted octanol–water partition coefficient (Wildman–Crippen LogP) is 13.2. The van der Waals surface area contributed by atoms with Gasteiger partial charge in [-0.25, -0.2) is 4.98 Å². The Balaban J connectivity index is 1.11. The number of aromatic nitrogens is 3. The number of pyridine rings is 1. The van der Waals surface area contributed by atoms with Crippen LogP contribution in [0.15, 0.2) is 132 Å². The highest BCUT2D eigenvalue weighted by Gasteiger charge is 2.21. The molecule has 256 valence electrons. The number of imidazole rings is 1. The number of fused-ring (bicyclic) bond motifs is 6. The summed E-state index contributed by atoms with van der Waals surface area (Å²) in [6.07, 6.45) is 3.85. The van der Waals surface area contributed by atoms with Crippen molar-refractivity contribution in [2.45, 2.75) is 52.4 Å². The molecule has 0 spiro atoms. The van der Waals surface area contributed by atoms with Gasteiger partial charge in [-0.2, -0.15) is 0 Å². The molecule has 9 rings (SSSR count). The van der Waals surface area contributed by atoms with E-state index in [1.54, 1.807) is 11.3 Å². The van der Waals surface area contributed by atoms with Crippen molar-refractivity contribution in [2.75, 3.05) is 0 Å². The van der Waals surface area contributed by atoms with Crippen molar-refractivity contribution in [1.29, 1.82) is 0 Å². The Bertz CT molecular complexity index is 2810. The monoisotopic (exact) mass is 697 g/mol. The fraction of sp³-hybridized carbons (Fsp3) is 0.174. The van der Waals surface area contributed by atoms with Crippen LogP contribution in [0.25, 0.3) is 70.8 Å². The molecule has 6 heteroatoms.